The van der Waals surface area contributed by atoms with Crippen LogP contribution in [-0.2, 0) is 17.8 Å². The number of piperazine rings is 1. The van der Waals surface area contributed by atoms with Crippen molar-refractivity contribution in [2.45, 2.75) is 13.0 Å². The van der Waals surface area contributed by atoms with Crippen molar-refractivity contribution in [2.24, 2.45) is 0 Å². The van der Waals surface area contributed by atoms with Gasteiger partial charge in [-0.25, -0.2) is 4.98 Å². The van der Waals surface area contributed by atoms with Crippen LogP contribution in [0.5, 0.6) is 0 Å². The number of hydrogen-bond donors (Lipinski definition) is 0. The third-order valence-corrected chi connectivity index (χ3v) is 5.94. The van der Waals surface area contributed by atoms with E-state index in [1.807, 2.05) is 46.7 Å². The topological polar surface area (TPSA) is 49.3 Å². The predicted octanol–water partition coefficient (Wildman–Crippen LogP) is 3.75. The average Bonchev–Trinajstić information content (AvgIpc) is 3.18. The zero-order chi connectivity index (χ0) is 19.3. The summed E-state index contributed by atoms with van der Waals surface area (Å²) in [5, 5.41) is 3.58. The van der Waals surface area contributed by atoms with E-state index >= 15 is 0 Å². The predicted molar refractivity (Wildman–Crippen MR) is 112 cm³/mol. The largest absolute Gasteiger partial charge is 0.340 e. The van der Waals surface area contributed by atoms with Crippen LogP contribution in [0.25, 0.3) is 10.7 Å². The number of thiazole rings is 1. The van der Waals surface area contributed by atoms with Gasteiger partial charge in [0.2, 0.25) is 5.91 Å². The normalized spacial score (nSPS) is 15.0. The molecule has 1 amide bonds. The molecule has 1 aromatic carbocycles. The first-order chi connectivity index (χ1) is 13.7. The van der Waals surface area contributed by atoms with E-state index in [0.29, 0.717) is 6.42 Å². The SMILES string of the molecule is O=C(Cc1csc(-c2ccccn2)n1)N1CCN(Cc2cccc(Cl)c2)CC1. The highest BCUT2D eigenvalue weighted by molar-refractivity contribution is 7.13. The lowest BCUT2D eigenvalue weighted by Gasteiger charge is -2.34. The molecule has 5 nitrogen and oxygen atoms in total. The zero-order valence-corrected chi connectivity index (χ0v) is 17.0. The molecule has 2 aromatic heterocycles. The zero-order valence-electron chi connectivity index (χ0n) is 15.4. The van der Waals surface area contributed by atoms with E-state index in [2.05, 4.69) is 20.9 Å². The second-order valence-electron chi connectivity index (χ2n) is 6.82. The quantitative estimate of drug-likeness (QED) is 0.640. The van der Waals surface area contributed by atoms with Crippen LogP contribution in [0.1, 0.15) is 11.3 Å². The van der Waals surface area contributed by atoms with Gasteiger partial charge >= 0.3 is 0 Å². The number of nitrogens with zero attached hydrogens (tertiary/aromatic N) is 4. The number of pyridine rings is 1. The van der Waals surface area contributed by atoms with Gasteiger partial charge in [0.25, 0.3) is 0 Å². The number of carbonyl (C=O) groups excluding carboxylic acids is 1. The second kappa shape index (κ2) is 8.82. The Balaban J connectivity index is 1.29. The molecule has 1 saturated heterocycles. The first kappa shape index (κ1) is 19.1. The molecule has 4 rings (SSSR count). The van der Waals surface area contributed by atoms with Crippen LogP contribution in [0.3, 0.4) is 0 Å². The van der Waals surface area contributed by atoms with Gasteiger partial charge < -0.3 is 4.90 Å². The van der Waals surface area contributed by atoms with E-state index < -0.39 is 0 Å². The molecular weight excluding hydrogens is 392 g/mol. The maximum Gasteiger partial charge on any atom is 0.228 e. The van der Waals surface area contributed by atoms with E-state index in [4.69, 9.17) is 11.6 Å². The van der Waals surface area contributed by atoms with Gasteiger partial charge in [-0.3, -0.25) is 14.7 Å². The lowest BCUT2D eigenvalue weighted by atomic mass is 10.2. The molecule has 3 aromatic rings. The molecule has 0 unspecified atom stereocenters. The summed E-state index contributed by atoms with van der Waals surface area (Å²) in [6.07, 6.45) is 2.10. The van der Waals surface area contributed by atoms with Crippen molar-refractivity contribution in [1.29, 1.82) is 0 Å². The minimum absolute atomic E-state index is 0.139. The number of hydrogen-bond acceptors (Lipinski definition) is 5. The first-order valence-electron chi connectivity index (χ1n) is 9.28. The van der Waals surface area contributed by atoms with Gasteiger partial charge in [-0.1, -0.05) is 29.8 Å². The van der Waals surface area contributed by atoms with Gasteiger partial charge in [-0.2, -0.15) is 0 Å². The lowest BCUT2D eigenvalue weighted by molar-refractivity contribution is -0.132. The molecule has 0 aliphatic carbocycles. The number of halogens is 1. The van der Waals surface area contributed by atoms with Crippen molar-refractivity contribution in [3.05, 3.63) is 70.3 Å². The Morgan fingerprint density at radius 2 is 1.96 bits per heavy atom. The fourth-order valence-corrected chi connectivity index (χ4v) is 4.32. The smallest absolute Gasteiger partial charge is 0.228 e. The monoisotopic (exact) mass is 412 g/mol. The van der Waals surface area contributed by atoms with Crippen LogP contribution >= 0.6 is 22.9 Å². The van der Waals surface area contributed by atoms with Gasteiger partial charge in [0.05, 0.1) is 17.8 Å². The fraction of sp³-hybridized carbons (Fsp3) is 0.286. The van der Waals surface area contributed by atoms with Crippen molar-refractivity contribution in [3.8, 4) is 10.7 Å². The molecule has 1 aliphatic rings. The van der Waals surface area contributed by atoms with Crippen molar-refractivity contribution in [3.63, 3.8) is 0 Å². The Hall–Kier alpha value is -2.28. The van der Waals surface area contributed by atoms with Gasteiger partial charge in [0, 0.05) is 49.3 Å². The van der Waals surface area contributed by atoms with Gasteiger partial charge in [0.1, 0.15) is 5.01 Å². The molecule has 28 heavy (non-hydrogen) atoms. The summed E-state index contributed by atoms with van der Waals surface area (Å²) in [6, 6.07) is 13.7. The third-order valence-electron chi connectivity index (χ3n) is 4.79. The van der Waals surface area contributed by atoms with Crippen LogP contribution < -0.4 is 0 Å². The Kier molecular flexibility index (Phi) is 6.00. The van der Waals surface area contributed by atoms with Crippen molar-refractivity contribution >= 4 is 28.8 Å². The molecule has 144 valence electrons. The van der Waals surface area contributed by atoms with Crippen molar-refractivity contribution < 1.29 is 4.79 Å². The Labute approximate surface area is 173 Å². The molecule has 0 N–H and O–H groups in total. The summed E-state index contributed by atoms with van der Waals surface area (Å²) >= 11 is 7.60. The Morgan fingerprint density at radius 3 is 2.71 bits per heavy atom. The van der Waals surface area contributed by atoms with Gasteiger partial charge in [0.15, 0.2) is 0 Å². The molecule has 0 bridgehead atoms. The van der Waals surface area contributed by atoms with Crippen LogP contribution in [0.4, 0.5) is 0 Å². The molecule has 0 radical (unpaired) electrons. The summed E-state index contributed by atoms with van der Waals surface area (Å²) in [5.41, 5.74) is 2.87. The number of carbonyl (C=O) groups is 1. The molecule has 0 atom stereocenters. The molecule has 0 saturated carbocycles. The number of benzene rings is 1. The minimum Gasteiger partial charge on any atom is -0.340 e. The fourth-order valence-electron chi connectivity index (χ4n) is 3.31. The highest BCUT2D eigenvalue weighted by atomic mass is 35.5. The molecule has 3 heterocycles. The second-order valence-corrected chi connectivity index (χ2v) is 8.12. The van der Waals surface area contributed by atoms with Crippen LogP contribution in [0.15, 0.2) is 54.0 Å². The van der Waals surface area contributed by atoms with E-state index in [1.165, 1.54) is 16.9 Å². The van der Waals surface area contributed by atoms with Crippen molar-refractivity contribution in [1.82, 2.24) is 19.8 Å². The van der Waals surface area contributed by atoms with Gasteiger partial charge in [-0.05, 0) is 29.8 Å². The molecule has 7 heteroatoms. The summed E-state index contributed by atoms with van der Waals surface area (Å²) in [7, 11) is 0. The maximum atomic E-state index is 12.7. The van der Waals surface area contributed by atoms with E-state index in [0.717, 1.165) is 54.1 Å². The summed E-state index contributed by atoms with van der Waals surface area (Å²) in [4.78, 5) is 25.9. The van der Waals surface area contributed by atoms with Crippen LogP contribution in [0, 0.1) is 0 Å². The standard InChI is InChI=1S/C21H21ClN4OS/c22-17-5-3-4-16(12-17)14-25-8-10-26(11-9-25)20(27)13-18-15-28-21(24-18)19-6-1-2-7-23-19/h1-7,12,15H,8-11,13-14H2. The average molecular weight is 413 g/mol. The van der Waals surface area contributed by atoms with E-state index in [-0.39, 0.29) is 5.91 Å². The minimum atomic E-state index is 0.139. The molecular formula is C21H21ClN4OS. The highest BCUT2D eigenvalue weighted by Gasteiger charge is 2.22. The number of rotatable bonds is 5. The Morgan fingerprint density at radius 1 is 1.11 bits per heavy atom. The molecule has 0 spiro atoms. The van der Waals surface area contributed by atoms with Crippen molar-refractivity contribution in [2.75, 3.05) is 26.2 Å². The summed E-state index contributed by atoms with van der Waals surface area (Å²) < 4.78 is 0. The van der Waals surface area contributed by atoms with Crippen LogP contribution in [-0.4, -0.2) is 51.9 Å². The molecule has 1 fully saturated rings. The number of amides is 1. The number of aromatic nitrogens is 2. The Bertz CT molecular complexity index is 938. The summed E-state index contributed by atoms with van der Waals surface area (Å²) in [5.74, 6) is 0.139. The van der Waals surface area contributed by atoms with E-state index in [1.54, 1.807) is 6.20 Å². The van der Waals surface area contributed by atoms with E-state index in [9.17, 15) is 4.79 Å². The third kappa shape index (κ3) is 4.76. The summed E-state index contributed by atoms with van der Waals surface area (Å²) in [6.45, 7) is 4.10. The van der Waals surface area contributed by atoms with Crippen LogP contribution in [0.2, 0.25) is 5.02 Å². The highest BCUT2D eigenvalue weighted by Crippen LogP contribution is 2.22. The van der Waals surface area contributed by atoms with Gasteiger partial charge in [-0.15, -0.1) is 11.3 Å². The maximum absolute atomic E-state index is 12.7. The lowest BCUT2D eigenvalue weighted by Crippen LogP contribution is -2.48. The first-order valence-corrected chi connectivity index (χ1v) is 10.5. The molecule has 1 aliphatic heterocycles.